The van der Waals surface area contributed by atoms with Crippen LogP contribution in [0.5, 0.6) is 0 Å². The number of likely N-dealkylation sites (N-methyl/N-ethyl adjacent to an activating group) is 1. The minimum absolute atomic E-state index is 0.253. The Balaban J connectivity index is 3.67. The maximum atomic E-state index is 5.37. The molecule has 0 aliphatic rings. The van der Waals surface area contributed by atoms with Crippen LogP contribution >= 0.6 is 0 Å². The molecule has 1 unspecified atom stereocenters. The number of hydrogen-bond donors (Lipinski definition) is 1. The molecule has 0 aliphatic heterocycles. The molecule has 1 atom stereocenters. The van der Waals surface area contributed by atoms with Crippen LogP contribution in [0.3, 0.4) is 0 Å². The lowest BCUT2D eigenvalue weighted by Crippen LogP contribution is -2.34. The molecule has 0 spiro atoms. The molecule has 10 heavy (non-hydrogen) atoms. The van der Waals surface area contributed by atoms with Crippen molar-refractivity contribution in [3.8, 4) is 12.3 Å². The summed E-state index contributed by atoms with van der Waals surface area (Å²) in [4.78, 5) is 2.10. The second-order valence-corrected chi connectivity index (χ2v) is 2.36. The first kappa shape index (κ1) is 9.48. The quantitative estimate of drug-likeness (QED) is 0.569. The predicted octanol–water partition coefficient (Wildman–Crippen LogP) is 0.289. The Morgan fingerprint density at radius 2 is 2.30 bits per heavy atom. The number of rotatable bonds is 4. The molecule has 0 heterocycles. The third-order valence-electron chi connectivity index (χ3n) is 1.59. The van der Waals surface area contributed by atoms with Crippen LogP contribution in [-0.2, 0) is 0 Å². The summed E-state index contributed by atoms with van der Waals surface area (Å²) in [6.07, 6.45) is 6.28. The Labute approximate surface area is 63.4 Å². The largest absolute Gasteiger partial charge is 0.329 e. The highest BCUT2D eigenvalue weighted by molar-refractivity contribution is 4.98. The highest BCUT2D eigenvalue weighted by Crippen LogP contribution is 1.97. The predicted molar refractivity (Wildman–Crippen MR) is 44.6 cm³/mol. The smallest absolute Gasteiger partial charge is 0.0707 e. The van der Waals surface area contributed by atoms with E-state index >= 15 is 0 Å². The van der Waals surface area contributed by atoms with Crippen molar-refractivity contribution in [3.63, 3.8) is 0 Å². The Morgan fingerprint density at radius 3 is 2.60 bits per heavy atom. The first-order valence-corrected chi connectivity index (χ1v) is 3.62. The Bertz CT molecular complexity index is 115. The van der Waals surface area contributed by atoms with Crippen molar-refractivity contribution in [2.45, 2.75) is 19.4 Å². The summed E-state index contributed by atoms with van der Waals surface area (Å²) in [5, 5.41) is 0. The van der Waals surface area contributed by atoms with E-state index in [0.717, 1.165) is 13.0 Å². The zero-order chi connectivity index (χ0) is 7.98. The SMILES string of the molecule is C#CC(CC)N(C)CCN. The van der Waals surface area contributed by atoms with Gasteiger partial charge in [-0.2, -0.15) is 0 Å². The van der Waals surface area contributed by atoms with E-state index in [1.165, 1.54) is 0 Å². The van der Waals surface area contributed by atoms with Crippen LogP contribution in [0.2, 0.25) is 0 Å². The van der Waals surface area contributed by atoms with Gasteiger partial charge in [-0.05, 0) is 13.5 Å². The zero-order valence-electron chi connectivity index (χ0n) is 6.80. The van der Waals surface area contributed by atoms with Crippen molar-refractivity contribution in [2.24, 2.45) is 5.73 Å². The molecular weight excluding hydrogens is 124 g/mol. The summed E-state index contributed by atoms with van der Waals surface area (Å²) in [5.41, 5.74) is 5.37. The molecule has 58 valence electrons. The third-order valence-corrected chi connectivity index (χ3v) is 1.59. The molecule has 0 aromatic heterocycles. The van der Waals surface area contributed by atoms with Crippen molar-refractivity contribution in [3.05, 3.63) is 0 Å². The zero-order valence-corrected chi connectivity index (χ0v) is 6.80. The second kappa shape index (κ2) is 5.28. The van der Waals surface area contributed by atoms with Crippen molar-refractivity contribution in [2.75, 3.05) is 20.1 Å². The Hall–Kier alpha value is -0.520. The van der Waals surface area contributed by atoms with Crippen LogP contribution in [0.1, 0.15) is 13.3 Å². The second-order valence-electron chi connectivity index (χ2n) is 2.36. The monoisotopic (exact) mass is 140 g/mol. The van der Waals surface area contributed by atoms with E-state index in [9.17, 15) is 0 Å². The molecule has 0 aromatic carbocycles. The van der Waals surface area contributed by atoms with E-state index in [4.69, 9.17) is 12.2 Å². The molecule has 0 aromatic rings. The third kappa shape index (κ3) is 2.86. The fourth-order valence-corrected chi connectivity index (χ4v) is 0.916. The van der Waals surface area contributed by atoms with Gasteiger partial charge < -0.3 is 5.73 Å². The van der Waals surface area contributed by atoms with Crippen LogP contribution < -0.4 is 5.73 Å². The van der Waals surface area contributed by atoms with Crippen molar-refractivity contribution < 1.29 is 0 Å². The van der Waals surface area contributed by atoms with E-state index in [2.05, 4.69) is 17.7 Å². The molecule has 0 radical (unpaired) electrons. The molecule has 0 aliphatic carbocycles. The molecular formula is C8H16N2. The van der Waals surface area contributed by atoms with E-state index in [1.54, 1.807) is 0 Å². The molecule has 0 bridgehead atoms. The maximum Gasteiger partial charge on any atom is 0.0707 e. The minimum atomic E-state index is 0.253. The molecule has 0 fully saturated rings. The number of nitrogens with two attached hydrogens (primary N) is 1. The molecule has 0 saturated heterocycles. The molecule has 0 rings (SSSR count). The van der Waals surface area contributed by atoms with Gasteiger partial charge in [-0.3, -0.25) is 4.90 Å². The maximum absolute atomic E-state index is 5.37. The van der Waals surface area contributed by atoms with Gasteiger partial charge in [0.05, 0.1) is 6.04 Å². The topological polar surface area (TPSA) is 29.3 Å². The summed E-state index contributed by atoms with van der Waals surface area (Å²) in [6.45, 7) is 3.63. The van der Waals surface area contributed by atoms with E-state index in [-0.39, 0.29) is 6.04 Å². The van der Waals surface area contributed by atoms with Crippen LogP contribution in [0, 0.1) is 12.3 Å². The summed E-state index contributed by atoms with van der Waals surface area (Å²) in [6, 6.07) is 0.253. The number of hydrogen-bond acceptors (Lipinski definition) is 2. The number of nitrogens with zero attached hydrogens (tertiary/aromatic N) is 1. The molecule has 2 N–H and O–H groups in total. The summed E-state index contributed by atoms with van der Waals surface area (Å²) >= 11 is 0. The van der Waals surface area contributed by atoms with Gasteiger partial charge in [-0.25, -0.2) is 0 Å². The van der Waals surface area contributed by atoms with Crippen LogP contribution in [0.4, 0.5) is 0 Å². The van der Waals surface area contributed by atoms with Crippen molar-refractivity contribution >= 4 is 0 Å². The van der Waals surface area contributed by atoms with Gasteiger partial charge in [-0.1, -0.05) is 12.8 Å². The van der Waals surface area contributed by atoms with Crippen molar-refractivity contribution in [1.29, 1.82) is 0 Å². The van der Waals surface area contributed by atoms with Gasteiger partial charge in [0, 0.05) is 13.1 Å². The van der Waals surface area contributed by atoms with Crippen LogP contribution in [0.25, 0.3) is 0 Å². The fraction of sp³-hybridized carbons (Fsp3) is 0.750. The molecule has 2 nitrogen and oxygen atoms in total. The Morgan fingerprint density at radius 1 is 1.70 bits per heavy atom. The lowest BCUT2D eigenvalue weighted by Gasteiger charge is -2.21. The van der Waals surface area contributed by atoms with E-state index < -0.39 is 0 Å². The lowest BCUT2D eigenvalue weighted by atomic mass is 10.2. The van der Waals surface area contributed by atoms with Gasteiger partial charge >= 0.3 is 0 Å². The summed E-state index contributed by atoms with van der Waals surface area (Å²) in [7, 11) is 2.00. The highest BCUT2D eigenvalue weighted by atomic mass is 15.1. The highest BCUT2D eigenvalue weighted by Gasteiger charge is 2.06. The average molecular weight is 140 g/mol. The first-order chi connectivity index (χ1) is 4.76. The summed E-state index contributed by atoms with van der Waals surface area (Å²) < 4.78 is 0. The van der Waals surface area contributed by atoms with Gasteiger partial charge in [0.1, 0.15) is 0 Å². The van der Waals surface area contributed by atoms with Gasteiger partial charge in [-0.15, -0.1) is 6.42 Å². The van der Waals surface area contributed by atoms with Crippen LogP contribution in [-0.4, -0.2) is 31.1 Å². The van der Waals surface area contributed by atoms with Crippen molar-refractivity contribution in [1.82, 2.24) is 4.90 Å². The Kier molecular flexibility index (Phi) is 5.00. The standard InChI is InChI=1S/C8H16N2/c1-4-8(5-2)10(3)7-6-9/h1,8H,5-7,9H2,2-3H3. The summed E-state index contributed by atoms with van der Waals surface area (Å²) in [5.74, 6) is 2.71. The van der Waals surface area contributed by atoms with Gasteiger partial charge in [0.15, 0.2) is 0 Å². The van der Waals surface area contributed by atoms with E-state index in [1.807, 2.05) is 7.05 Å². The number of terminal acetylenes is 1. The molecule has 2 heteroatoms. The molecule has 0 amide bonds. The average Bonchev–Trinajstić information content (AvgIpc) is 1.91. The fourth-order valence-electron chi connectivity index (χ4n) is 0.916. The molecule has 0 saturated carbocycles. The van der Waals surface area contributed by atoms with Gasteiger partial charge in [0.2, 0.25) is 0 Å². The minimum Gasteiger partial charge on any atom is -0.329 e. The first-order valence-electron chi connectivity index (χ1n) is 3.62. The van der Waals surface area contributed by atoms with E-state index in [0.29, 0.717) is 6.54 Å². The lowest BCUT2D eigenvalue weighted by molar-refractivity contribution is 0.291. The van der Waals surface area contributed by atoms with Gasteiger partial charge in [0.25, 0.3) is 0 Å². The normalized spacial score (nSPS) is 13.1. The van der Waals surface area contributed by atoms with Crippen LogP contribution in [0.15, 0.2) is 0 Å².